The van der Waals surface area contributed by atoms with Crippen LogP contribution in [0.25, 0.3) is 0 Å². The zero-order valence-corrected chi connectivity index (χ0v) is 16.5. The first-order chi connectivity index (χ1) is 13.3. The maximum atomic E-state index is 12.5. The number of nitrogens with zero attached hydrogens (tertiary/aromatic N) is 2. The predicted molar refractivity (Wildman–Crippen MR) is 113 cm³/mol. The van der Waals surface area contributed by atoms with Gasteiger partial charge in [-0.1, -0.05) is 36.4 Å². The van der Waals surface area contributed by atoms with Crippen LogP contribution >= 0.6 is 23.5 Å². The molecular formula is C21H21N3OS2. The highest BCUT2D eigenvalue weighted by atomic mass is 32.2. The molecule has 1 saturated heterocycles. The normalized spacial score (nSPS) is 14.4. The van der Waals surface area contributed by atoms with Crippen molar-refractivity contribution in [2.45, 2.75) is 17.7 Å². The van der Waals surface area contributed by atoms with Gasteiger partial charge in [0.15, 0.2) is 0 Å². The molecule has 4 nitrogen and oxygen atoms in total. The Morgan fingerprint density at radius 1 is 1.04 bits per heavy atom. The molecule has 6 heteroatoms. The Morgan fingerprint density at radius 2 is 1.78 bits per heavy atom. The summed E-state index contributed by atoms with van der Waals surface area (Å²) in [4.78, 5) is 12.5. The predicted octanol–water partition coefficient (Wildman–Crippen LogP) is 4.34. The number of thioether (sulfide) groups is 2. The van der Waals surface area contributed by atoms with Crippen molar-refractivity contribution in [3.63, 3.8) is 0 Å². The zero-order valence-electron chi connectivity index (χ0n) is 14.9. The number of benzene rings is 2. The highest BCUT2D eigenvalue weighted by Gasteiger charge is 2.18. The zero-order chi connectivity index (χ0) is 18.5. The maximum absolute atomic E-state index is 12.5. The minimum Gasteiger partial charge on any atom is -0.348 e. The third-order valence-corrected chi connectivity index (χ3v) is 7.62. The van der Waals surface area contributed by atoms with Gasteiger partial charge < -0.3 is 5.32 Å². The number of rotatable bonds is 6. The van der Waals surface area contributed by atoms with Gasteiger partial charge in [0.25, 0.3) is 5.91 Å². The molecule has 138 valence electrons. The van der Waals surface area contributed by atoms with Crippen LogP contribution < -0.4 is 5.32 Å². The summed E-state index contributed by atoms with van der Waals surface area (Å²) in [6.45, 7) is 1.21. The van der Waals surface area contributed by atoms with E-state index in [-0.39, 0.29) is 5.91 Å². The molecule has 2 heterocycles. The number of hydrogen-bond acceptors (Lipinski definition) is 4. The average Bonchev–Trinajstić information content (AvgIpc) is 3.41. The van der Waals surface area contributed by atoms with Crippen molar-refractivity contribution in [1.82, 2.24) is 15.1 Å². The second kappa shape index (κ2) is 8.67. The summed E-state index contributed by atoms with van der Waals surface area (Å²) < 4.78 is 2.40. The molecule has 0 aliphatic carbocycles. The van der Waals surface area contributed by atoms with E-state index in [9.17, 15) is 4.79 Å². The summed E-state index contributed by atoms with van der Waals surface area (Å²) in [6, 6.07) is 18.1. The number of aromatic nitrogens is 2. The molecule has 1 aliphatic rings. The van der Waals surface area contributed by atoms with E-state index >= 15 is 0 Å². The van der Waals surface area contributed by atoms with Crippen molar-refractivity contribution in [2.24, 2.45) is 0 Å². The lowest BCUT2D eigenvalue weighted by Gasteiger charge is -2.12. The highest BCUT2D eigenvalue weighted by molar-refractivity contribution is 8.19. The Balaban J connectivity index is 1.39. The molecule has 0 radical (unpaired) electrons. The molecule has 4 rings (SSSR count). The summed E-state index contributed by atoms with van der Waals surface area (Å²) in [5.74, 6) is 2.37. The summed E-state index contributed by atoms with van der Waals surface area (Å²) in [5.41, 5.74) is 4.27. The number of hydrogen-bond donors (Lipinski definition) is 1. The Hall–Kier alpha value is -2.18. The van der Waals surface area contributed by atoms with Gasteiger partial charge in [-0.25, -0.2) is 0 Å². The Bertz CT molecular complexity index is 888. The first kappa shape index (κ1) is 18.2. The van der Waals surface area contributed by atoms with Gasteiger partial charge in [-0.15, -0.1) is 23.5 Å². The van der Waals surface area contributed by atoms with Crippen LogP contribution in [-0.4, -0.2) is 27.2 Å². The van der Waals surface area contributed by atoms with Crippen LogP contribution in [0.5, 0.6) is 0 Å². The number of carbonyl (C=O) groups is 1. The Kier molecular flexibility index (Phi) is 5.84. The largest absolute Gasteiger partial charge is 0.348 e. The fourth-order valence-corrected chi connectivity index (χ4v) is 5.93. The topological polar surface area (TPSA) is 46.9 Å². The number of carbonyl (C=O) groups excluding carboxylic acids is 1. The Labute approximate surface area is 167 Å². The van der Waals surface area contributed by atoms with Gasteiger partial charge in [0.2, 0.25) is 0 Å². The van der Waals surface area contributed by atoms with Crippen molar-refractivity contribution >= 4 is 29.4 Å². The van der Waals surface area contributed by atoms with Crippen LogP contribution in [0, 0.1) is 0 Å². The third kappa shape index (κ3) is 4.57. The van der Waals surface area contributed by atoms with Crippen molar-refractivity contribution in [3.8, 4) is 0 Å². The van der Waals surface area contributed by atoms with E-state index in [0.29, 0.717) is 23.2 Å². The van der Waals surface area contributed by atoms with Gasteiger partial charge in [-0.3, -0.25) is 9.48 Å². The SMILES string of the molecule is O=C(NCc1ccccc1Cn1cccn1)c1ccc(C2SCCS2)cc1. The second-order valence-electron chi connectivity index (χ2n) is 6.35. The van der Waals surface area contributed by atoms with E-state index in [2.05, 4.69) is 34.7 Å². The molecular weight excluding hydrogens is 374 g/mol. The lowest BCUT2D eigenvalue weighted by atomic mass is 10.1. The van der Waals surface area contributed by atoms with Crippen LogP contribution in [0.15, 0.2) is 67.0 Å². The maximum Gasteiger partial charge on any atom is 0.251 e. The van der Waals surface area contributed by atoms with E-state index in [1.165, 1.54) is 17.1 Å². The van der Waals surface area contributed by atoms with Gasteiger partial charge in [0.1, 0.15) is 0 Å². The van der Waals surface area contributed by atoms with Gasteiger partial charge in [0.05, 0.1) is 11.1 Å². The molecule has 1 aliphatic heterocycles. The summed E-state index contributed by atoms with van der Waals surface area (Å²) in [6.07, 6.45) is 3.72. The van der Waals surface area contributed by atoms with Crippen LogP contribution in [0.1, 0.15) is 31.6 Å². The van der Waals surface area contributed by atoms with Crippen molar-refractivity contribution < 1.29 is 4.79 Å². The minimum absolute atomic E-state index is 0.0397. The standard InChI is InChI=1S/C21H21N3OS2/c25-20(16-6-8-17(9-7-16)21-26-12-13-27-21)22-14-18-4-1-2-5-19(18)15-24-11-3-10-23-24/h1-11,21H,12-15H2,(H,22,25). The molecule has 1 N–H and O–H groups in total. The quantitative estimate of drug-likeness (QED) is 0.674. The monoisotopic (exact) mass is 395 g/mol. The van der Waals surface area contributed by atoms with E-state index in [1.807, 2.05) is 64.7 Å². The summed E-state index contributed by atoms with van der Waals surface area (Å²) >= 11 is 3.95. The van der Waals surface area contributed by atoms with Crippen molar-refractivity contribution in [1.29, 1.82) is 0 Å². The van der Waals surface area contributed by atoms with Crippen LogP contribution in [0.2, 0.25) is 0 Å². The molecule has 27 heavy (non-hydrogen) atoms. The number of amides is 1. The Morgan fingerprint density at radius 3 is 2.48 bits per heavy atom. The van der Waals surface area contributed by atoms with E-state index in [0.717, 1.165) is 11.1 Å². The lowest BCUT2D eigenvalue weighted by Crippen LogP contribution is -2.23. The summed E-state index contributed by atoms with van der Waals surface area (Å²) in [5, 5.41) is 7.31. The first-order valence-electron chi connectivity index (χ1n) is 8.95. The molecule has 3 aromatic rings. The molecule has 0 atom stereocenters. The lowest BCUT2D eigenvalue weighted by molar-refractivity contribution is 0.0951. The van der Waals surface area contributed by atoms with Gasteiger partial charge in [0, 0.05) is 36.0 Å². The van der Waals surface area contributed by atoms with Crippen LogP contribution in [0.3, 0.4) is 0 Å². The highest BCUT2D eigenvalue weighted by Crippen LogP contribution is 2.45. The molecule has 1 aromatic heterocycles. The van der Waals surface area contributed by atoms with Crippen molar-refractivity contribution in [2.75, 3.05) is 11.5 Å². The van der Waals surface area contributed by atoms with E-state index in [1.54, 1.807) is 6.20 Å². The second-order valence-corrected chi connectivity index (χ2v) is 9.07. The first-order valence-corrected chi connectivity index (χ1v) is 11.0. The summed E-state index contributed by atoms with van der Waals surface area (Å²) in [7, 11) is 0. The average molecular weight is 396 g/mol. The third-order valence-electron chi connectivity index (χ3n) is 4.52. The van der Waals surface area contributed by atoms with E-state index in [4.69, 9.17) is 0 Å². The van der Waals surface area contributed by atoms with Crippen LogP contribution in [0.4, 0.5) is 0 Å². The molecule has 0 spiro atoms. The van der Waals surface area contributed by atoms with Crippen LogP contribution in [-0.2, 0) is 13.1 Å². The van der Waals surface area contributed by atoms with Gasteiger partial charge in [-0.2, -0.15) is 5.10 Å². The molecule has 0 unspecified atom stereocenters. The molecule has 2 aromatic carbocycles. The molecule has 1 amide bonds. The van der Waals surface area contributed by atoms with Gasteiger partial charge >= 0.3 is 0 Å². The number of nitrogens with one attached hydrogen (secondary N) is 1. The fraction of sp³-hybridized carbons (Fsp3) is 0.238. The minimum atomic E-state index is -0.0397. The van der Waals surface area contributed by atoms with E-state index < -0.39 is 0 Å². The van der Waals surface area contributed by atoms with Gasteiger partial charge in [-0.05, 0) is 34.9 Å². The molecule has 0 saturated carbocycles. The smallest absolute Gasteiger partial charge is 0.251 e. The molecule has 0 bridgehead atoms. The van der Waals surface area contributed by atoms with Crippen molar-refractivity contribution in [3.05, 3.63) is 89.2 Å². The fourth-order valence-electron chi connectivity index (χ4n) is 3.07. The molecule has 1 fully saturated rings.